The third kappa shape index (κ3) is 3.77. The molecule has 1 aliphatic heterocycles. The molecule has 0 aromatic carbocycles. The highest BCUT2D eigenvalue weighted by molar-refractivity contribution is 6.01. The molecular formula is C12H17NO6. The third-order valence-electron chi connectivity index (χ3n) is 2.83. The van der Waals surface area contributed by atoms with Gasteiger partial charge in [0.15, 0.2) is 12.8 Å². The molecule has 0 radical (unpaired) electrons. The monoisotopic (exact) mass is 271 g/mol. The number of amides is 2. The number of esters is 2. The molecule has 2 amide bonds. The van der Waals surface area contributed by atoms with Crippen molar-refractivity contribution < 1.29 is 28.7 Å². The maximum absolute atomic E-state index is 11.7. The van der Waals surface area contributed by atoms with Crippen LogP contribution < -0.4 is 0 Å². The van der Waals surface area contributed by atoms with Crippen LogP contribution in [0.4, 0.5) is 0 Å². The van der Waals surface area contributed by atoms with Crippen molar-refractivity contribution in [2.75, 3.05) is 6.61 Å². The van der Waals surface area contributed by atoms with Gasteiger partial charge in [0, 0.05) is 6.92 Å². The van der Waals surface area contributed by atoms with Crippen LogP contribution in [0, 0.1) is 5.92 Å². The summed E-state index contributed by atoms with van der Waals surface area (Å²) in [5.74, 6) is -2.50. The number of rotatable bonds is 5. The van der Waals surface area contributed by atoms with E-state index < -0.39 is 36.6 Å². The number of carbonyl (C=O) groups excluding carboxylic acids is 4. The Kier molecular flexibility index (Phi) is 5.02. The van der Waals surface area contributed by atoms with Crippen LogP contribution >= 0.6 is 0 Å². The lowest BCUT2D eigenvalue weighted by Crippen LogP contribution is -2.58. The molecule has 1 fully saturated rings. The first-order valence-electron chi connectivity index (χ1n) is 6.05. The van der Waals surface area contributed by atoms with Crippen LogP contribution in [-0.2, 0) is 28.7 Å². The topological polar surface area (TPSA) is 90.0 Å². The molecule has 0 bridgehead atoms. The molecular weight excluding hydrogens is 254 g/mol. The van der Waals surface area contributed by atoms with Gasteiger partial charge in [0.05, 0.1) is 12.3 Å². The van der Waals surface area contributed by atoms with Crippen LogP contribution in [0.3, 0.4) is 0 Å². The first-order valence-corrected chi connectivity index (χ1v) is 6.05. The third-order valence-corrected chi connectivity index (χ3v) is 2.83. The van der Waals surface area contributed by atoms with E-state index in [2.05, 4.69) is 0 Å². The molecule has 0 saturated carbocycles. The lowest BCUT2D eigenvalue weighted by atomic mass is 10.1. The minimum Gasteiger partial charge on any atom is -0.455 e. The van der Waals surface area contributed by atoms with Crippen molar-refractivity contribution >= 4 is 23.8 Å². The summed E-state index contributed by atoms with van der Waals surface area (Å²) in [5.41, 5.74) is 0. The van der Waals surface area contributed by atoms with Gasteiger partial charge in [-0.2, -0.15) is 0 Å². The number of nitrogens with zero attached hydrogens (tertiary/aromatic N) is 1. The van der Waals surface area contributed by atoms with Crippen molar-refractivity contribution in [3.8, 4) is 0 Å². The average molecular weight is 271 g/mol. The van der Waals surface area contributed by atoms with Crippen molar-refractivity contribution in [3.05, 3.63) is 0 Å². The van der Waals surface area contributed by atoms with E-state index in [9.17, 15) is 19.2 Å². The van der Waals surface area contributed by atoms with Gasteiger partial charge in [0.2, 0.25) is 5.91 Å². The summed E-state index contributed by atoms with van der Waals surface area (Å²) in [4.78, 5) is 45.9. The molecule has 1 saturated heterocycles. The van der Waals surface area contributed by atoms with Gasteiger partial charge < -0.3 is 9.47 Å². The summed E-state index contributed by atoms with van der Waals surface area (Å²) in [7, 11) is 0. The zero-order chi connectivity index (χ0) is 14.6. The Morgan fingerprint density at radius 2 is 2.05 bits per heavy atom. The van der Waals surface area contributed by atoms with Gasteiger partial charge in [-0.3, -0.25) is 19.2 Å². The second kappa shape index (κ2) is 6.31. The Balaban J connectivity index is 2.46. The molecule has 7 heteroatoms. The zero-order valence-electron chi connectivity index (χ0n) is 11.2. The van der Waals surface area contributed by atoms with E-state index in [0.717, 1.165) is 4.90 Å². The highest BCUT2D eigenvalue weighted by Crippen LogP contribution is 2.20. The fourth-order valence-corrected chi connectivity index (χ4v) is 1.48. The number of ether oxygens (including phenoxy) is 2. The van der Waals surface area contributed by atoms with E-state index in [1.54, 1.807) is 6.92 Å². The van der Waals surface area contributed by atoms with E-state index in [1.807, 2.05) is 6.92 Å². The van der Waals surface area contributed by atoms with Gasteiger partial charge in [-0.05, 0) is 6.42 Å². The predicted octanol–water partition coefficient (Wildman–Crippen LogP) is 0.224. The molecule has 1 heterocycles. The van der Waals surface area contributed by atoms with Crippen LogP contribution in [0.15, 0.2) is 0 Å². The number of β-lactam (4-membered cyclic amide) rings is 1. The maximum atomic E-state index is 11.7. The van der Waals surface area contributed by atoms with Crippen molar-refractivity contribution in [2.24, 2.45) is 5.92 Å². The number of likely N-dealkylation sites (tertiary alicyclic amines) is 1. The summed E-state index contributed by atoms with van der Waals surface area (Å²) in [6.45, 7) is 4.17. The van der Waals surface area contributed by atoms with Crippen LogP contribution in [-0.4, -0.2) is 41.5 Å². The highest BCUT2D eigenvalue weighted by atomic mass is 16.6. The molecule has 2 atom stereocenters. The second-order valence-electron chi connectivity index (χ2n) is 4.34. The zero-order valence-corrected chi connectivity index (χ0v) is 11.2. The highest BCUT2D eigenvalue weighted by Gasteiger charge is 2.43. The first-order chi connectivity index (χ1) is 8.86. The number of hydrogen-bond acceptors (Lipinski definition) is 6. The van der Waals surface area contributed by atoms with Gasteiger partial charge in [-0.1, -0.05) is 13.8 Å². The summed E-state index contributed by atoms with van der Waals surface area (Å²) in [6.07, 6.45) is -0.295. The number of carbonyl (C=O) groups is 4. The van der Waals surface area contributed by atoms with Gasteiger partial charge >= 0.3 is 11.9 Å². The van der Waals surface area contributed by atoms with Crippen molar-refractivity contribution in [2.45, 2.75) is 39.8 Å². The van der Waals surface area contributed by atoms with E-state index >= 15 is 0 Å². The summed E-state index contributed by atoms with van der Waals surface area (Å²) in [6, 6.07) is 0. The lowest BCUT2D eigenvalue weighted by Gasteiger charge is -2.36. The molecule has 1 aliphatic rings. The van der Waals surface area contributed by atoms with Gasteiger partial charge in [0.1, 0.15) is 0 Å². The Morgan fingerprint density at radius 3 is 2.53 bits per heavy atom. The fourth-order valence-electron chi connectivity index (χ4n) is 1.48. The van der Waals surface area contributed by atoms with Gasteiger partial charge in [0.25, 0.3) is 5.91 Å². The van der Waals surface area contributed by atoms with Gasteiger partial charge in [-0.15, -0.1) is 0 Å². The maximum Gasteiger partial charge on any atom is 0.309 e. The molecule has 2 unspecified atom stereocenters. The van der Waals surface area contributed by atoms with Crippen LogP contribution in [0.5, 0.6) is 0 Å². The molecule has 0 N–H and O–H groups in total. The Morgan fingerprint density at radius 1 is 1.42 bits per heavy atom. The average Bonchev–Trinajstić information content (AvgIpc) is 2.33. The van der Waals surface area contributed by atoms with E-state index in [1.165, 1.54) is 6.92 Å². The standard InChI is InChI=1S/C12H17NO6/c1-4-7(2)12(17)18-6-10(16)13-9(15)5-11(13)19-8(3)14/h7,11H,4-6H2,1-3H3. The SMILES string of the molecule is CCC(C)C(=O)OCC(=O)N1C(=O)CC1OC(C)=O. The van der Waals surface area contributed by atoms with Gasteiger partial charge in [-0.25, -0.2) is 4.90 Å². The van der Waals surface area contributed by atoms with E-state index in [4.69, 9.17) is 9.47 Å². The van der Waals surface area contributed by atoms with Crippen molar-refractivity contribution in [1.82, 2.24) is 4.90 Å². The minimum absolute atomic E-state index is 0.0232. The quantitative estimate of drug-likeness (QED) is 0.525. The predicted molar refractivity (Wildman–Crippen MR) is 62.4 cm³/mol. The summed E-state index contributed by atoms with van der Waals surface area (Å²) < 4.78 is 9.56. The molecule has 0 aliphatic carbocycles. The summed E-state index contributed by atoms with van der Waals surface area (Å²) >= 11 is 0. The normalized spacial score (nSPS) is 19.4. The fraction of sp³-hybridized carbons (Fsp3) is 0.667. The number of imide groups is 1. The van der Waals surface area contributed by atoms with Crippen molar-refractivity contribution in [3.63, 3.8) is 0 Å². The molecule has 7 nitrogen and oxygen atoms in total. The lowest BCUT2D eigenvalue weighted by molar-refractivity contribution is -0.189. The minimum atomic E-state index is -0.875. The molecule has 19 heavy (non-hydrogen) atoms. The largest absolute Gasteiger partial charge is 0.455 e. The molecule has 1 rings (SSSR count). The molecule has 0 spiro atoms. The van der Waals surface area contributed by atoms with Crippen LogP contribution in [0.1, 0.15) is 33.6 Å². The summed E-state index contributed by atoms with van der Waals surface area (Å²) in [5, 5.41) is 0. The van der Waals surface area contributed by atoms with Crippen LogP contribution in [0.25, 0.3) is 0 Å². The van der Waals surface area contributed by atoms with Crippen LogP contribution in [0.2, 0.25) is 0 Å². The second-order valence-corrected chi connectivity index (χ2v) is 4.34. The van der Waals surface area contributed by atoms with Crippen molar-refractivity contribution in [1.29, 1.82) is 0 Å². The first kappa shape index (κ1) is 15.1. The smallest absolute Gasteiger partial charge is 0.309 e. The molecule has 0 aromatic heterocycles. The Hall–Kier alpha value is -1.92. The Bertz CT molecular complexity index is 405. The molecule has 0 aromatic rings. The Labute approximate surface area is 110 Å². The number of hydrogen-bond donors (Lipinski definition) is 0. The molecule has 106 valence electrons. The van der Waals surface area contributed by atoms with E-state index in [0.29, 0.717) is 6.42 Å². The van der Waals surface area contributed by atoms with E-state index in [-0.39, 0.29) is 12.3 Å².